The fourth-order valence-electron chi connectivity index (χ4n) is 4.92. The van der Waals surface area contributed by atoms with Gasteiger partial charge in [-0.25, -0.2) is 0 Å². The van der Waals surface area contributed by atoms with E-state index in [0.29, 0.717) is 25.8 Å². The number of carbonyl (C=O) groups excluding carboxylic acids is 3. The molecule has 1 fully saturated rings. The van der Waals surface area contributed by atoms with Gasteiger partial charge in [-0.3, -0.25) is 19.3 Å². The van der Waals surface area contributed by atoms with Crippen molar-refractivity contribution in [1.29, 1.82) is 0 Å². The lowest BCUT2D eigenvalue weighted by Gasteiger charge is -2.33. The Hall–Kier alpha value is -2.96. The minimum atomic E-state index is -1.32. The molecule has 2 aliphatic heterocycles. The smallest absolute Gasteiger partial charge is 0.261 e. The lowest BCUT2D eigenvalue weighted by atomic mass is 9.99. The summed E-state index contributed by atoms with van der Waals surface area (Å²) in [6.07, 6.45) is 1.14. The summed E-state index contributed by atoms with van der Waals surface area (Å²) in [6, 6.07) is 10.4. The Morgan fingerprint density at radius 3 is 2.60 bits per heavy atom. The van der Waals surface area contributed by atoms with Gasteiger partial charge >= 0.3 is 0 Å². The molecular weight excluding hydrogens is 530 g/mol. The Balaban J connectivity index is 1.60. The Labute approximate surface area is 239 Å². The molecule has 0 aromatic heterocycles. The molecule has 2 aromatic carbocycles. The van der Waals surface area contributed by atoms with E-state index >= 15 is 0 Å². The van der Waals surface area contributed by atoms with Crippen LogP contribution in [0, 0.1) is 5.92 Å². The number of nitrogens with zero attached hydrogens (tertiary/aromatic N) is 1. The van der Waals surface area contributed by atoms with E-state index in [1.807, 2.05) is 44.2 Å². The molecule has 0 spiro atoms. The van der Waals surface area contributed by atoms with Crippen molar-refractivity contribution in [2.45, 2.75) is 80.2 Å². The van der Waals surface area contributed by atoms with Crippen LogP contribution in [0.4, 0.5) is 11.4 Å². The number of nitrogens with one attached hydrogen (secondary N) is 2. The van der Waals surface area contributed by atoms with Gasteiger partial charge in [0, 0.05) is 15.4 Å². The van der Waals surface area contributed by atoms with Crippen LogP contribution < -0.4 is 22.1 Å². The number of unbranched alkanes of at least 4 members (excludes halogenated alkanes) is 1. The number of aliphatic hydroxyl groups excluding tert-OH is 1. The van der Waals surface area contributed by atoms with Gasteiger partial charge in [-0.1, -0.05) is 44.2 Å². The number of nitrogens with two attached hydrogens (primary N) is 2. The van der Waals surface area contributed by atoms with E-state index in [4.69, 9.17) is 16.2 Å². The molecule has 0 saturated carbocycles. The average molecular weight is 570 g/mol. The number of para-hydroxylation sites is 1. The molecule has 7 N–H and O–H groups in total. The first-order chi connectivity index (χ1) is 19.2. The van der Waals surface area contributed by atoms with Gasteiger partial charge < -0.3 is 31.9 Å². The van der Waals surface area contributed by atoms with E-state index in [2.05, 4.69) is 10.6 Å². The largest absolute Gasteiger partial charge is 0.366 e. The highest BCUT2D eigenvalue weighted by atomic mass is 32.2. The van der Waals surface area contributed by atoms with E-state index < -0.39 is 42.1 Å². The molecule has 1 saturated heterocycles. The van der Waals surface area contributed by atoms with Gasteiger partial charge in [-0.15, -0.1) is 0 Å². The van der Waals surface area contributed by atoms with Gasteiger partial charge in [0.05, 0.1) is 30.1 Å². The molecule has 2 aromatic rings. The highest BCUT2D eigenvalue weighted by Crippen LogP contribution is 2.44. The topological polar surface area (TPSA) is 160 Å². The first kappa shape index (κ1) is 30.0. The van der Waals surface area contributed by atoms with Crippen LogP contribution in [0.1, 0.15) is 56.3 Å². The third-order valence-electron chi connectivity index (χ3n) is 7.05. The Morgan fingerprint density at radius 1 is 1.15 bits per heavy atom. The van der Waals surface area contributed by atoms with Crippen LogP contribution in [0.2, 0.25) is 0 Å². The van der Waals surface area contributed by atoms with Gasteiger partial charge in [0.1, 0.15) is 6.04 Å². The minimum absolute atomic E-state index is 0.0365. The number of fused-ring (bicyclic) bond motifs is 2. The number of rotatable bonds is 11. The zero-order chi connectivity index (χ0) is 28.8. The monoisotopic (exact) mass is 569 g/mol. The van der Waals surface area contributed by atoms with E-state index in [0.717, 1.165) is 32.5 Å². The van der Waals surface area contributed by atoms with Crippen molar-refractivity contribution in [3.05, 3.63) is 48.0 Å². The number of carbonyl (C=O) groups is 3. The maximum absolute atomic E-state index is 14.0. The molecule has 1 unspecified atom stereocenters. The fraction of sp³-hybridized carbons (Fsp3) is 0.483. The Bertz CT molecular complexity index is 1230. The zero-order valence-electron chi connectivity index (χ0n) is 23.0. The molecule has 11 heteroatoms. The average Bonchev–Trinajstić information content (AvgIpc) is 3.35. The van der Waals surface area contributed by atoms with Crippen LogP contribution in [-0.2, 0) is 14.3 Å². The number of anilines is 2. The van der Waals surface area contributed by atoms with Crippen molar-refractivity contribution >= 4 is 40.9 Å². The Morgan fingerprint density at radius 2 is 1.90 bits per heavy atom. The SMILES string of the molecule is CC(C)C[C@H](NC(=O)[C@@H](N)CCCCN)C(=O)N(C(=O)c1ccc2c(c1)Nc1ccccc1S2)[C@H]1CCOC1O. The van der Waals surface area contributed by atoms with Gasteiger partial charge in [0.2, 0.25) is 5.91 Å². The number of hydrogen-bond acceptors (Lipinski definition) is 9. The number of benzene rings is 2. The lowest BCUT2D eigenvalue weighted by molar-refractivity contribution is -0.142. The predicted molar refractivity (Wildman–Crippen MR) is 154 cm³/mol. The third-order valence-corrected chi connectivity index (χ3v) is 8.20. The summed E-state index contributed by atoms with van der Waals surface area (Å²) in [5, 5.41) is 16.7. The summed E-state index contributed by atoms with van der Waals surface area (Å²) in [6.45, 7) is 4.57. The zero-order valence-corrected chi connectivity index (χ0v) is 23.8. The number of ether oxygens (including phenoxy) is 1. The van der Waals surface area contributed by atoms with E-state index in [1.165, 1.54) is 0 Å². The van der Waals surface area contributed by atoms with Gasteiger partial charge in [-0.2, -0.15) is 0 Å². The predicted octanol–water partition coefficient (Wildman–Crippen LogP) is 2.96. The Kier molecular flexibility index (Phi) is 10.2. The van der Waals surface area contributed by atoms with Crippen molar-refractivity contribution in [1.82, 2.24) is 10.2 Å². The molecule has 40 heavy (non-hydrogen) atoms. The molecule has 4 rings (SSSR count). The molecule has 0 bridgehead atoms. The molecule has 3 amide bonds. The molecule has 2 heterocycles. The second kappa shape index (κ2) is 13.6. The maximum Gasteiger partial charge on any atom is 0.261 e. The normalized spacial score (nSPS) is 19.2. The quantitative estimate of drug-likeness (QED) is 0.219. The first-order valence-corrected chi connectivity index (χ1v) is 14.6. The summed E-state index contributed by atoms with van der Waals surface area (Å²) in [5.74, 6) is -1.58. The summed E-state index contributed by atoms with van der Waals surface area (Å²) in [5.41, 5.74) is 13.6. The van der Waals surface area contributed by atoms with Gasteiger partial charge in [0.25, 0.3) is 11.8 Å². The molecule has 216 valence electrons. The van der Waals surface area contributed by atoms with E-state index in [9.17, 15) is 19.5 Å². The van der Waals surface area contributed by atoms with Crippen LogP contribution in [0.15, 0.2) is 52.3 Å². The maximum atomic E-state index is 14.0. The molecule has 2 aliphatic rings. The van der Waals surface area contributed by atoms with Crippen molar-refractivity contribution < 1.29 is 24.2 Å². The fourth-order valence-corrected chi connectivity index (χ4v) is 5.89. The molecule has 0 aliphatic carbocycles. The van der Waals surface area contributed by atoms with Crippen molar-refractivity contribution in [2.24, 2.45) is 17.4 Å². The van der Waals surface area contributed by atoms with E-state index in [-0.39, 0.29) is 24.5 Å². The summed E-state index contributed by atoms with van der Waals surface area (Å²) < 4.78 is 5.32. The third kappa shape index (κ3) is 7.02. The van der Waals surface area contributed by atoms with E-state index in [1.54, 1.807) is 23.9 Å². The number of imide groups is 1. The van der Waals surface area contributed by atoms with Crippen LogP contribution in [0.25, 0.3) is 0 Å². The molecule has 4 atom stereocenters. The van der Waals surface area contributed by atoms with Crippen LogP contribution >= 0.6 is 11.8 Å². The van der Waals surface area contributed by atoms with Crippen LogP contribution in [-0.4, -0.2) is 65.3 Å². The van der Waals surface area contributed by atoms with Gasteiger partial charge in [-0.05, 0) is 68.5 Å². The van der Waals surface area contributed by atoms with Crippen LogP contribution in [0.3, 0.4) is 0 Å². The molecule has 10 nitrogen and oxygen atoms in total. The highest BCUT2D eigenvalue weighted by Gasteiger charge is 2.42. The number of hydrogen-bond donors (Lipinski definition) is 5. The minimum Gasteiger partial charge on any atom is -0.366 e. The lowest BCUT2D eigenvalue weighted by Crippen LogP contribution is -2.58. The number of aliphatic hydroxyl groups is 1. The van der Waals surface area contributed by atoms with Gasteiger partial charge in [0.15, 0.2) is 6.29 Å². The first-order valence-electron chi connectivity index (χ1n) is 13.8. The standard InChI is InChI=1S/C29H39N5O5S/c1-17(2)15-22(33-26(35)19(31)7-5-6-13-30)28(37)34(23-12-14-39-29(23)38)27(36)18-10-11-25-21(16-18)32-20-8-3-4-9-24(20)40-25/h3-4,8-11,16-17,19,22-23,29,32,38H,5-7,12-15,30-31H2,1-2H3,(H,33,35)/t19-,22-,23-,29?/m0/s1. The second-order valence-electron chi connectivity index (χ2n) is 10.6. The van der Waals surface area contributed by atoms with Crippen molar-refractivity contribution in [3.8, 4) is 0 Å². The summed E-state index contributed by atoms with van der Waals surface area (Å²) in [4.78, 5) is 44.1. The van der Waals surface area contributed by atoms with Crippen LogP contribution in [0.5, 0.6) is 0 Å². The summed E-state index contributed by atoms with van der Waals surface area (Å²) in [7, 11) is 0. The number of amides is 3. The second-order valence-corrected chi connectivity index (χ2v) is 11.7. The van der Waals surface area contributed by atoms with Crippen molar-refractivity contribution in [3.63, 3.8) is 0 Å². The molecular formula is C29H39N5O5S. The van der Waals surface area contributed by atoms with Crippen molar-refractivity contribution in [2.75, 3.05) is 18.5 Å². The molecule has 0 radical (unpaired) electrons. The summed E-state index contributed by atoms with van der Waals surface area (Å²) >= 11 is 1.59. The highest BCUT2D eigenvalue weighted by molar-refractivity contribution is 7.99.